The van der Waals surface area contributed by atoms with Crippen LogP contribution in [0.15, 0.2) is 47.8 Å². The minimum Gasteiger partial charge on any atom is -0.493 e. The topological polar surface area (TPSA) is 85.7 Å². The first-order valence-electron chi connectivity index (χ1n) is 9.38. The van der Waals surface area contributed by atoms with Gasteiger partial charge < -0.3 is 20.1 Å². The Morgan fingerprint density at radius 1 is 1.12 bits per heavy atom. The highest BCUT2D eigenvalue weighted by Crippen LogP contribution is 2.37. The second-order valence-electron chi connectivity index (χ2n) is 6.50. The number of hydrogen-bond donors (Lipinski definition) is 2. The van der Waals surface area contributed by atoms with Crippen LogP contribution in [0.4, 0.5) is 11.4 Å². The summed E-state index contributed by atoms with van der Waals surface area (Å²) in [5.74, 6) is 1.10. The summed E-state index contributed by atoms with van der Waals surface area (Å²) in [4.78, 5) is 11.4. The molecule has 0 atom stereocenters. The Labute approximate surface area is 206 Å². The van der Waals surface area contributed by atoms with Gasteiger partial charge >= 0.3 is 0 Å². The molecule has 0 saturated heterocycles. The first-order chi connectivity index (χ1) is 15.0. The van der Waals surface area contributed by atoms with E-state index in [1.807, 2.05) is 29.6 Å². The molecular weight excluding hydrogens is 497 g/mol. The van der Waals surface area contributed by atoms with Gasteiger partial charge in [0.15, 0.2) is 11.5 Å². The van der Waals surface area contributed by atoms with Gasteiger partial charge in [-0.05, 0) is 35.2 Å². The zero-order valence-corrected chi connectivity index (χ0v) is 20.2. The molecule has 2 aromatic carbocycles. The molecule has 1 heterocycles. The Bertz CT molecular complexity index is 1040. The number of benzene rings is 2. The Balaban J connectivity index is 0.00000363. The van der Waals surface area contributed by atoms with Crippen molar-refractivity contribution in [3.63, 3.8) is 0 Å². The Morgan fingerprint density at radius 2 is 1.94 bits per heavy atom. The summed E-state index contributed by atoms with van der Waals surface area (Å²) in [7, 11) is 1.58. The van der Waals surface area contributed by atoms with Crippen LogP contribution in [-0.2, 0) is 13.2 Å². The van der Waals surface area contributed by atoms with Gasteiger partial charge in [-0.25, -0.2) is 0 Å². The molecule has 0 aliphatic carbocycles. The predicted octanol–water partition coefficient (Wildman–Crippen LogP) is 6.17. The molecule has 172 valence electrons. The van der Waals surface area contributed by atoms with E-state index in [1.54, 1.807) is 24.5 Å². The van der Waals surface area contributed by atoms with Crippen LogP contribution in [0.3, 0.4) is 0 Å². The van der Waals surface area contributed by atoms with Gasteiger partial charge in [0.1, 0.15) is 6.61 Å². The van der Waals surface area contributed by atoms with Crippen LogP contribution in [-0.4, -0.2) is 25.1 Å². The number of methoxy groups -OCH3 is 1. The number of rotatable bonds is 11. The number of hydrogen-bond acceptors (Lipinski definition) is 7. The van der Waals surface area contributed by atoms with Crippen molar-refractivity contribution < 1.29 is 14.4 Å². The highest BCUT2D eigenvalue weighted by atomic mass is 35.5. The van der Waals surface area contributed by atoms with Gasteiger partial charge in [-0.3, -0.25) is 10.1 Å². The number of nitrogens with one attached hydrogen (secondary N) is 2. The summed E-state index contributed by atoms with van der Waals surface area (Å²) in [5, 5.41) is 20.0. The maximum absolute atomic E-state index is 10.8. The number of anilines is 1. The first kappa shape index (κ1) is 26.0. The van der Waals surface area contributed by atoms with E-state index in [4.69, 9.17) is 32.7 Å². The van der Waals surface area contributed by atoms with Crippen molar-refractivity contribution >= 4 is 58.3 Å². The zero-order chi connectivity index (χ0) is 22.2. The maximum atomic E-state index is 10.8. The molecule has 0 unspecified atom stereocenters. The van der Waals surface area contributed by atoms with Crippen molar-refractivity contribution in [3.05, 3.63) is 78.4 Å². The second kappa shape index (κ2) is 12.7. The van der Waals surface area contributed by atoms with Crippen LogP contribution in [0.5, 0.6) is 11.5 Å². The van der Waals surface area contributed by atoms with Crippen LogP contribution in [0.2, 0.25) is 10.0 Å². The van der Waals surface area contributed by atoms with Gasteiger partial charge in [-0.15, -0.1) is 23.7 Å². The molecule has 0 aliphatic rings. The normalized spacial score (nSPS) is 10.3. The van der Waals surface area contributed by atoms with Gasteiger partial charge in [-0.1, -0.05) is 29.3 Å². The molecule has 0 aliphatic heterocycles. The van der Waals surface area contributed by atoms with Gasteiger partial charge in [-0.2, -0.15) is 0 Å². The van der Waals surface area contributed by atoms with E-state index in [2.05, 4.69) is 10.6 Å². The molecule has 2 N–H and O–H groups in total. The van der Waals surface area contributed by atoms with E-state index < -0.39 is 4.92 Å². The Kier molecular flexibility index (Phi) is 10.3. The lowest BCUT2D eigenvalue weighted by molar-refractivity contribution is -0.384. The summed E-state index contributed by atoms with van der Waals surface area (Å²) >= 11 is 14.1. The first-order valence-corrected chi connectivity index (χ1v) is 11.0. The summed E-state index contributed by atoms with van der Waals surface area (Å²) in [6, 6.07) is 12.1. The van der Waals surface area contributed by atoms with Crippen molar-refractivity contribution in [1.82, 2.24) is 5.32 Å². The highest BCUT2D eigenvalue weighted by Gasteiger charge is 2.13. The molecule has 32 heavy (non-hydrogen) atoms. The number of nitro groups is 1. The summed E-state index contributed by atoms with van der Waals surface area (Å²) in [6.45, 7) is 2.24. The van der Waals surface area contributed by atoms with Crippen LogP contribution < -0.4 is 20.1 Å². The van der Waals surface area contributed by atoms with Crippen LogP contribution >= 0.6 is 46.9 Å². The molecule has 1 aromatic heterocycles. The van der Waals surface area contributed by atoms with Crippen molar-refractivity contribution in [1.29, 1.82) is 0 Å². The molecule has 3 aromatic rings. The number of ether oxygens (including phenoxy) is 2. The Hall–Kier alpha value is -2.23. The van der Waals surface area contributed by atoms with Crippen LogP contribution in [0.25, 0.3) is 0 Å². The summed E-state index contributed by atoms with van der Waals surface area (Å²) < 4.78 is 11.3. The van der Waals surface area contributed by atoms with Crippen molar-refractivity contribution in [2.75, 3.05) is 25.5 Å². The van der Waals surface area contributed by atoms with E-state index in [0.717, 1.165) is 10.4 Å². The van der Waals surface area contributed by atoms with Gasteiger partial charge in [0.05, 0.1) is 27.8 Å². The van der Waals surface area contributed by atoms with Gasteiger partial charge in [0.25, 0.3) is 5.69 Å². The van der Waals surface area contributed by atoms with E-state index in [-0.39, 0.29) is 18.1 Å². The van der Waals surface area contributed by atoms with Crippen molar-refractivity contribution in [2.45, 2.75) is 13.2 Å². The molecule has 0 saturated carbocycles. The molecule has 3 rings (SSSR count). The van der Waals surface area contributed by atoms with E-state index in [0.29, 0.717) is 53.5 Å². The molecule has 0 bridgehead atoms. The number of thiophene rings is 1. The average Bonchev–Trinajstić information content (AvgIpc) is 3.26. The summed E-state index contributed by atoms with van der Waals surface area (Å²) in [5.41, 5.74) is 1.56. The fourth-order valence-electron chi connectivity index (χ4n) is 2.83. The fraction of sp³-hybridized carbons (Fsp3) is 0.238. The predicted molar refractivity (Wildman–Crippen MR) is 132 cm³/mol. The second-order valence-corrected chi connectivity index (χ2v) is 8.35. The molecule has 0 radical (unpaired) electrons. The third-order valence-electron chi connectivity index (χ3n) is 4.34. The molecule has 11 heteroatoms. The lowest BCUT2D eigenvalue weighted by atomic mass is 10.2. The smallest absolute Gasteiger partial charge is 0.271 e. The van der Waals surface area contributed by atoms with E-state index >= 15 is 0 Å². The fourth-order valence-corrected chi connectivity index (χ4v) is 3.98. The SMILES string of the molecule is COc1cc(CNCCNc2ccc([N+](=O)[O-])cc2Cl)cc(Cl)c1OCc1cccs1.Cl. The van der Waals surface area contributed by atoms with Crippen molar-refractivity contribution in [3.8, 4) is 11.5 Å². The van der Waals surface area contributed by atoms with Crippen LogP contribution in [0.1, 0.15) is 10.4 Å². The minimum atomic E-state index is -0.477. The maximum Gasteiger partial charge on any atom is 0.271 e. The van der Waals surface area contributed by atoms with Crippen LogP contribution in [0, 0.1) is 10.1 Å². The molecule has 0 fully saturated rings. The molecule has 0 amide bonds. The average molecular weight is 519 g/mol. The number of halogens is 3. The number of nitrogens with zero attached hydrogens (tertiary/aromatic N) is 1. The lowest BCUT2D eigenvalue weighted by Crippen LogP contribution is -2.22. The van der Waals surface area contributed by atoms with Crippen molar-refractivity contribution in [2.24, 2.45) is 0 Å². The highest BCUT2D eigenvalue weighted by molar-refractivity contribution is 7.09. The standard InChI is InChI=1S/C21H21Cl2N3O4S.ClH/c1-29-20-10-14(9-18(23)21(20)30-13-16-3-2-8-31-16)12-24-6-7-25-19-5-4-15(26(27)28)11-17(19)22;/h2-5,8-11,24-25H,6-7,12-13H2,1H3;1H. The van der Waals surface area contributed by atoms with E-state index in [1.165, 1.54) is 12.1 Å². The largest absolute Gasteiger partial charge is 0.493 e. The third-order valence-corrected chi connectivity index (χ3v) is 5.78. The quantitative estimate of drug-likeness (QED) is 0.179. The molecular formula is C21H22Cl3N3O4S. The number of non-ortho nitro benzene ring substituents is 1. The van der Waals surface area contributed by atoms with E-state index in [9.17, 15) is 10.1 Å². The zero-order valence-electron chi connectivity index (χ0n) is 17.1. The lowest BCUT2D eigenvalue weighted by Gasteiger charge is -2.14. The molecule has 7 nitrogen and oxygen atoms in total. The molecule has 0 spiro atoms. The summed E-state index contributed by atoms with van der Waals surface area (Å²) in [6.07, 6.45) is 0. The van der Waals surface area contributed by atoms with Gasteiger partial charge in [0, 0.05) is 36.6 Å². The Morgan fingerprint density at radius 3 is 2.59 bits per heavy atom. The minimum absolute atomic E-state index is 0. The number of nitro benzene ring substituents is 1. The monoisotopic (exact) mass is 517 g/mol. The third kappa shape index (κ3) is 7.15. The van der Waals surface area contributed by atoms with Gasteiger partial charge in [0.2, 0.25) is 0 Å².